The van der Waals surface area contributed by atoms with Crippen LogP contribution in [0.1, 0.15) is 27.7 Å². The third-order valence-electron chi connectivity index (χ3n) is 4.82. The van der Waals surface area contributed by atoms with Crippen molar-refractivity contribution in [2.45, 2.75) is 50.3 Å². The molecule has 0 saturated carbocycles. The standard InChI is InChI=1S/C17H18FN3O4S.C5H12O/c1-11-17(9-19)25-16-7-4-13(20-10-22)8-15(16)21(11)26(23,24)14-5-2-12(18)3-6-14;1-5(2,3)6-4/h2-8,10-11,17H,9,19H2,1H3,(H,20,22);1-4H3/t11-,17+;/m0./s1. The molecular weight excluding hydrogens is 437 g/mol. The van der Waals surface area contributed by atoms with E-state index in [1.807, 2.05) is 20.8 Å². The first-order chi connectivity index (χ1) is 14.9. The van der Waals surface area contributed by atoms with Crippen LogP contribution in [0.3, 0.4) is 0 Å². The zero-order chi connectivity index (χ0) is 24.1. The Balaban J connectivity index is 0.000000534. The molecule has 2 atom stereocenters. The molecule has 32 heavy (non-hydrogen) atoms. The van der Waals surface area contributed by atoms with Gasteiger partial charge in [0.05, 0.1) is 22.2 Å². The average Bonchev–Trinajstić information content (AvgIpc) is 2.73. The molecule has 0 spiro atoms. The van der Waals surface area contributed by atoms with Crippen LogP contribution in [0.4, 0.5) is 15.8 Å². The smallest absolute Gasteiger partial charge is 0.264 e. The number of carbonyl (C=O) groups is 1. The Bertz CT molecular complexity index is 1020. The zero-order valence-corrected chi connectivity index (χ0v) is 19.6. The minimum Gasteiger partial charge on any atom is -0.485 e. The summed E-state index contributed by atoms with van der Waals surface area (Å²) in [5.74, 6) is -0.197. The molecular formula is C22H30FN3O5S. The van der Waals surface area contributed by atoms with E-state index in [0.717, 1.165) is 12.1 Å². The van der Waals surface area contributed by atoms with Gasteiger partial charge in [0.1, 0.15) is 17.7 Å². The minimum absolute atomic E-state index is 0.0417. The third kappa shape index (κ3) is 5.96. The molecule has 1 aliphatic heterocycles. The average molecular weight is 468 g/mol. The summed E-state index contributed by atoms with van der Waals surface area (Å²) >= 11 is 0. The molecule has 10 heteroatoms. The molecule has 176 valence electrons. The van der Waals surface area contributed by atoms with Crippen LogP contribution in [0.15, 0.2) is 47.4 Å². The molecule has 1 heterocycles. The van der Waals surface area contributed by atoms with E-state index in [-0.39, 0.29) is 22.7 Å². The van der Waals surface area contributed by atoms with Gasteiger partial charge in [0.25, 0.3) is 10.0 Å². The number of hydrogen-bond acceptors (Lipinski definition) is 6. The number of benzene rings is 2. The summed E-state index contributed by atoms with van der Waals surface area (Å²) in [6.07, 6.45) is -0.0568. The van der Waals surface area contributed by atoms with E-state index in [2.05, 4.69) is 5.32 Å². The van der Waals surface area contributed by atoms with Gasteiger partial charge >= 0.3 is 0 Å². The van der Waals surface area contributed by atoms with Crippen molar-refractivity contribution < 1.29 is 27.1 Å². The van der Waals surface area contributed by atoms with Gasteiger partial charge in [-0.05, 0) is 70.2 Å². The van der Waals surface area contributed by atoms with Crippen LogP contribution < -0.4 is 20.1 Å². The second-order valence-corrected chi connectivity index (χ2v) is 9.96. The second kappa shape index (κ2) is 10.3. The van der Waals surface area contributed by atoms with E-state index in [1.54, 1.807) is 26.2 Å². The van der Waals surface area contributed by atoms with E-state index in [0.29, 0.717) is 17.8 Å². The van der Waals surface area contributed by atoms with Gasteiger partial charge in [-0.15, -0.1) is 0 Å². The first-order valence-corrected chi connectivity index (χ1v) is 11.4. The fourth-order valence-electron chi connectivity index (χ4n) is 2.89. The summed E-state index contributed by atoms with van der Waals surface area (Å²) in [5, 5.41) is 2.49. The molecule has 1 amide bonds. The highest BCUT2D eigenvalue weighted by Crippen LogP contribution is 2.41. The number of rotatable bonds is 5. The highest BCUT2D eigenvalue weighted by molar-refractivity contribution is 7.92. The first kappa shape index (κ1) is 25.6. The summed E-state index contributed by atoms with van der Waals surface area (Å²) in [4.78, 5) is 10.7. The molecule has 0 unspecified atom stereocenters. The van der Waals surface area contributed by atoms with E-state index >= 15 is 0 Å². The third-order valence-corrected chi connectivity index (χ3v) is 6.74. The SMILES string of the molecule is COC(C)(C)C.C[C@H]1[C@@H](CN)Oc2ccc(NC=O)cc2N1S(=O)(=O)c1ccc(F)cc1. The van der Waals surface area contributed by atoms with Gasteiger partial charge in [-0.25, -0.2) is 12.8 Å². The molecule has 8 nitrogen and oxygen atoms in total. The topological polar surface area (TPSA) is 111 Å². The number of nitrogens with zero attached hydrogens (tertiary/aromatic N) is 1. The number of ether oxygens (including phenoxy) is 2. The van der Waals surface area contributed by atoms with Crippen molar-refractivity contribution in [3.05, 3.63) is 48.3 Å². The number of carbonyl (C=O) groups excluding carboxylic acids is 1. The van der Waals surface area contributed by atoms with Crippen LogP contribution in [0.2, 0.25) is 0 Å². The maximum Gasteiger partial charge on any atom is 0.264 e. The predicted octanol–water partition coefficient (Wildman–Crippen LogP) is 3.13. The fourth-order valence-corrected chi connectivity index (χ4v) is 4.57. The minimum atomic E-state index is -4.00. The van der Waals surface area contributed by atoms with Crippen molar-refractivity contribution in [2.75, 3.05) is 23.3 Å². The molecule has 3 N–H and O–H groups in total. The van der Waals surface area contributed by atoms with Crippen molar-refractivity contribution in [2.24, 2.45) is 5.73 Å². The summed E-state index contributed by atoms with van der Waals surface area (Å²) in [7, 11) is -2.29. The summed E-state index contributed by atoms with van der Waals surface area (Å²) in [5.41, 5.74) is 6.47. The Morgan fingerprint density at radius 1 is 1.22 bits per heavy atom. The molecule has 0 aliphatic carbocycles. The van der Waals surface area contributed by atoms with E-state index in [9.17, 15) is 17.6 Å². The number of nitrogens with one attached hydrogen (secondary N) is 1. The number of halogens is 1. The highest BCUT2D eigenvalue weighted by atomic mass is 32.2. The van der Waals surface area contributed by atoms with Gasteiger partial charge in [0.15, 0.2) is 0 Å². The number of anilines is 2. The summed E-state index contributed by atoms with van der Waals surface area (Å²) in [6.45, 7) is 7.86. The molecule has 0 saturated heterocycles. The van der Waals surface area contributed by atoms with Gasteiger partial charge in [-0.2, -0.15) is 0 Å². The van der Waals surface area contributed by atoms with Crippen molar-refractivity contribution in [1.82, 2.24) is 0 Å². The van der Waals surface area contributed by atoms with Crippen LogP contribution in [0.5, 0.6) is 5.75 Å². The van der Waals surface area contributed by atoms with Crippen molar-refractivity contribution in [1.29, 1.82) is 0 Å². The molecule has 0 aromatic heterocycles. The molecule has 0 radical (unpaired) electrons. The van der Waals surface area contributed by atoms with E-state index < -0.39 is 28.0 Å². The number of nitrogens with two attached hydrogens (primary N) is 1. The molecule has 0 bridgehead atoms. The van der Waals surface area contributed by atoms with Crippen molar-refractivity contribution in [3.8, 4) is 5.75 Å². The quantitative estimate of drug-likeness (QED) is 0.654. The van der Waals surface area contributed by atoms with Crippen LogP contribution in [0, 0.1) is 5.82 Å². The Hall–Kier alpha value is -2.69. The first-order valence-electron chi connectivity index (χ1n) is 10.0. The normalized spacial score (nSPS) is 18.0. The lowest BCUT2D eigenvalue weighted by Gasteiger charge is -2.40. The molecule has 2 aromatic carbocycles. The van der Waals surface area contributed by atoms with Gasteiger partial charge in [0, 0.05) is 19.3 Å². The van der Waals surface area contributed by atoms with Gasteiger partial charge in [-0.1, -0.05) is 0 Å². The number of methoxy groups -OCH3 is 1. The largest absolute Gasteiger partial charge is 0.485 e. The maximum atomic E-state index is 13.2. The lowest BCUT2D eigenvalue weighted by Crippen LogP contribution is -2.53. The Morgan fingerprint density at radius 3 is 2.31 bits per heavy atom. The molecule has 0 fully saturated rings. The number of sulfonamides is 1. The van der Waals surface area contributed by atoms with Gasteiger partial charge in [0.2, 0.25) is 6.41 Å². The lowest BCUT2D eigenvalue weighted by atomic mass is 10.1. The van der Waals surface area contributed by atoms with Crippen LogP contribution in [-0.4, -0.2) is 46.2 Å². The van der Waals surface area contributed by atoms with E-state index in [1.165, 1.54) is 22.5 Å². The van der Waals surface area contributed by atoms with Gasteiger partial charge in [-0.3, -0.25) is 9.10 Å². The monoisotopic (exact) mass is 467 g/mol. The summed E-state index contributed by atoms with van der Waals surface area (Å²) < 4.78 is 51.6. The fraction of sp³-hybridized carbons (Fsp3) is 0.409. The van der Waals surface area contributed by atoms with Crippen molar-refractivity contribution in [3.63, 3.8) is 0 Å². The van der Waals surface area contributed by atoms with Crippen LogP contribution in [-0.2, 0) is 19.6 Å². The number of fused-ring (bicyclic) bond motifs is 1. The Morgan fingerprint density at radius 2 is 1.81 bits per heavy atom. The van der Waals surface area contributed by atoms with E-state index in [4.69, 9.17) is 15.2 Å². The Kier molecular flexibility index (Phi) is 8.22. The maximum absolute atomic E-state index is 13.2. The zero-order valence-electron chi connectivity index (χ0n) is 18.8. The van der Waals surface area contributed by atoms with Crippen LogP contribution in [0.25, 0.3) is 0 Å². The second-order valence-electron chi connectivity index (χ2n) is 8.15. The summed E-state index contributed by atoms with van der Waals surface area (Å²) in [6, 6.07) is 8.66. The molecule has 3 rings (SSSR count). The predicted molar refractivity (Wildman–Crippen MR) is 122 cm³/mol. The van der Waals surface area contributed by atoms with Gasteiger partial charge < -0.3 is 20.5 Å². The number of hydrogen-bond donors (Lipinski definition) is 2. The molecule has 1 aliphatic rings. The number of amides is 1. The molecule has 2 aromatic rings. The van der Waals surface area contributed by atoms with Crippen molar-refractivity contribution >= 4 is 27.8 Å². The highest BCUT2D eigenvalue weighted by Gasteiger charge is 2.40. The van der Waals surface area contributed by atoms with Crippen LogP contribution >= 0.6 is 0 Å². The lowest BCUT2D eigenvalue weighted by molar-refractivity contribution is -0.105. The Labute approximate surface area is 188 Å².